The van der Waals surface area contributed by atoms with Crippen LogP contribution in [-0.4, -0.2) is 0 Å². The van der Waals surface area contributed by atoms with Gasteiger partial charge >= 0.3 is 0 Å². The Kier molecular flexibility index (Phi) is 14.3. The van der Waals surface area contributed by atoms with E-state index in [-0.39, 0.29) is 0 Å². The van der Waals surface area contributed by atoms with Crippen molar-refractivity contribution >= 4 is 22.8 Å². The Hall–Kier alpha value is -7.20. The molecule has 6 aromatic carbocycles. The summed E-state index contributed by atoms with van der Waals surface area (Å²) in [5, 5.41) is 0. The van der Waals surface area contributed by atoms with Gasteiger partial charge in [0, 0.05) is 5.56 Å². The van der Waals surface area contributed by atoms with E-state index in [0.717, 1.165) is 31.2 Å². The SMILES string of the molecule is C#Cc1ccc(C2=C3C=CC=CC(=C(c4ccc(C=C(c5ccccc5)c5ccccc5)cc4)C4=CC=CC=C2CC4)C3)cc1.CC.c1ccc(Cc2ccccc2)cc1. The summed E-state index contributed by atoms with van der Waals surface area (Å²) in [7, 11) is 0. The smallest absolute Gasteiger partial charge is 0.0243 e. The Morgan fingerprint density at radius 2 is 0.917 bits per heavy atom. The number of benzene rings is 6. The van der Waals surface area contributed by atoms with Gasteiger partial charge in [0.2, 0.25) is 0 Å². The lowest BCUT2D eigenvalue weighted by Gasteiger charge is -2.18. The van der Waals surface area contributed by atoms with Gasteiger partial charge in [0.25, 0.3) is 0 Å². The number of allylic oxidation sites excluding steroid dienone is 14. The van der Waals surface area contributed by atoms with Crippen LogP contribution in [0.25, 0.3) is 22.8 Å². The van der Waals surface area contributed by atoms with Gasteiger partial charge in [0.1, 0.15) is 0 Å². The molecule has 0 unspecified atom stereocenters. The maximum atomic E-state index is 5.68. The second-order valence-electron chi connectivity index (χ2n) is 14.7. The monoisotopic (exact) mass is 772 g/mol. The van der Waals surface area contributed by atoms with Crippen molar-refractivity contribution in [1.82, 2.24) is 0 Å². The average Bonchev–Trinajstić information content (AvgIpc) is 3.54. The molecule has 4 bridgehead atoms. The molecular formula is C60H52. The quantitative estimate of drug-likeness (QED) is 0.112. The lowest BCUT2D eigenvalue weighted by molar-refractivity contribution is 0.976. The van der Waals surface area contributed by atoms with Gasteiger partial charge in [-0.1, -0.05) is 226 Å². The molecule has 0 amide bonds. The molecule has 0 radical (unpaired) electrons. The van der Waals surface area contributed by atoms with Crippen LogP contribution in [0, 0.1) is 12.3 Å². The van der Waals surface area contributed by atoms with Crippen LogP contribution in [-0.2, 0) is 6.42 Å². The Bertz CT molecular complexity index is 2550. The van der Waals surface area contributed by atoms with E-state index in [2.05, 4.69) is 230 Å². The molecule has 3 aliphatic carbocycles. The predicted octanol–water partition coefficient (Wildman–Crippen LogP) is 15.5. The molecule has 9 rings (SSSR count). The summed E-state index contributed by atoms with van der Waals surface area (Å²) in [6.07, 6.45) is 29.8. The molecule has 0 fully saturated rings. The van der Waals surface area contributed by atoms with Crippen molar-refractivity contribution in [1.29, 1.82) is 0 Å². The molecule has 0 atom stereocenters. The van der Waals surface area contributed by atoms with Crippen molar-refractivity contribution < 1.29 is 0 Å². The number of hydrogen-bond acceptors (Lipinski definition) is 0. The van der Waals surface area contributed by atoms with Gasteiger partial charge in [-0.05, 0) is 122 Å². The molecule has 0 N–H and O–H groups in total. The molecule has 292 valence electrons. The molecule has 60 heavy (non-hydrogen) atoms. The minimum absolute atomic E-state index is 0.858. The highest BCUT2D eigenvalue weighted by Gasteiger charge is 2.22. The van der Waals surface area contributed by atoms with E-state index in [0.29, 0.717) is 0 Å². The Labute approximate surface area is 358 Å². The minimum Gasteiger partial charge on any atom is -0.115 e. The fourth-order valence-electron chi connectivity index (χ4n) is 8.00. The van der Waals surface area contributed by atoms with Gasteiger partial charge in [0.05, 0.1) is 0 Å². The number of hydrogen-bond donors (Lipinski definition) is 0. The van der Waals surface area contributed by atoms with Gasteiger partial charge in [-0.15, -0.1) is 6.42 Å². The van der Waals surface area contributed by atoms with Crippen molar-refractivity contribution in [2.24, 2.45) is 0 Å². The third-order valence-corrected chi connectivity index (χ3v) is 10.9. The second kappa shape index (κ2) is 21.0. The zero-order valence-corrected chi connectivity index (χ0v) is 34.8. The number of terminal acetylenes is 1. The third kappa shape index (κ3) is 10.5. The maximum absolute atomic E-state index is 5.68. The summed E-state index contributed by atoms with van der Waals surface area (Å²) in [5.74, 6) is 2.76. The summed E-state index contributed by atoms with van der Waals surface area (Å²) in [4.78, 5) is 0. The van der Waals surface area contributed by atoms with E-state index >= 15 is 0 Å². The largest absolute Gasteiger partial charge is 0.115 e. The van der Waals surface area contributed by atoms with Gasteiger partial charge in [-0.2, -0.15) is 0 Å². The first-order chi connectivity index (χ1) is 29.7. The zero-order chi connectivity index (χ0) is 41.4. The number of fused-ring (bicyclic) bond motifs is 5. The molecule has 0 saturated heterocycles. The van der Waals surface area contributed by atoms with E-state index < -0.39 is 0 Å². The van der Waals surface area contributed by atoms with E-state index in [1.807, 2.05) is 13.8 Å². The first-order valence-electron chi connectivity index (χ1n) is 21.2. The first-order valence-corrected chi connectivity index (χ1v) is 21.2. The molecular weight excluding hydrogens is 721 g/mol. The lowest BCUT2D eigenvalue weighted by atomic mass is 9.86. The molecule has 0 saturated carbocycles. The summed E-state index contributed by atoms with van der Waals surface area (Å²) in [6.45, 7) is 4.00. The highest BCUT2D eigenvalue weighted by atomic mass is 14.3. The Morgan fingerprint density at radius 3 is 1.35 bits per heavy atom. The van der Waals surface area contributed by atoms with Gasteiger partial charge in [-0.3, -0.25) is 0 Å². The number of rotatable bonds is 7. The van der Waals surface area contributed by atoms with E-state index in [1.165, 1.54) is 78.0 Å². The fourth-order valence-corrected chi connectivity index (χ4v) is 8.00. The first kappa shape index (κ1) is 41.0. The van der Waals surface area contributed by atoms with Crippen molar-refractivity contribution in [3.63, 3.8) is 0 Å². The van der Waals surface area contributed by atoms with Crippen molar-refractivity contribution in [3.05, 3.63) is 285 Å². The molecule has 0 heteroatoms. The van der Waals surface area contributed by atoms with Crippen molar-refractivity contribution in [2.45, 2.75) is 39.5 Å². The van der Waals surface area contributed by atoms with Crippen molar-refractivity contribution in [3.8, 4) is 12.3 Å². The van der Waals surface area contributed by atoms with E-state index in [1.54, 1.807) is 0 Å². The van der Waals surface area contributed by atoms with E-state index in [9.17, 15) is 0 Å². The molecule has 0 spiro atoms. The fraction of sp³-hybridized carbons (Fsp3) is 0.100. The topological polar surface area (TPSA) is 0 Å². The van der Waals surface area contributed by atoms with Crippen LogP contribution >= 0.6 is 0 Å². The molecule has 0 aromatic heterocycles. The lowest BCUT2D eigenvalue weighted by Crippen LogP contribution is -1.97. The summed E-state index contributed by atoms with van der Waals surface area (Å²) < 4.78 is 0. The molecule has 0 aliphatic heterocycles. The highest BCUT2D eigenvalue weighted by Crippen LogP contribution is 2.43. The summed E-state index contributed by atoms with van der Waals surface area (Å²) in [5.41, 5.74) is 19.0. The Morgan fingerprint density at radius 1 is 0.500 bits per heavy atom. The second-order valence-corrected chi connectivity index (χ2v) is 14.7. The average molecular weight is 773 g/mol. The van der Waals surface area contributed by atoms with Crippen LogP contribution in [0.3, 0.4) is 0 Å². The van der Waals surface area contributed by atoms with Crippen LogP contribution in [0.15, 0.2) is 241 Å². The van der Waals surface area contributed by atoms with Crippen molar-refractivity contribution in [2.75, 3.05) is 0 Å². The van der Waals surface area contributed by atoms with Crippen LogP contribution in [0.1, 0.15) is 77.6 Å². The predicted molar refractivity (Wildman–Crippen MR) is 259 cm³/mol. The molecule has 3 aliphatic rings. The van der Waals surface area contributed by atoms with Gasteiger partial charge in [0.15, 0.2) is 0 Å². The van der Waals surface area contributed by atoms with Crippen LogP contribution in [0.2, 0.25) is 0 Å². The standard InChI is InChI=1S/C45H34.C13H12.C2H6/c1-2-33-21-25-39(26-22-33)44-37-17-9-10-18-38(30-29-37)45(42-20-12-11-19-41(44)32-42)40-27-23-34(24-28-40)31-43(35-13-5-3-6-14-35)36-15-7-4-8-16-36;1-3-7-12(8-4-1)11-13-9-5-2-6-10-13;1-2/h1,3-28,31H,29-30,32H2;1-10H,11H2;1-2H3. The molecule has 6 aromatic rings. The normalized spacial score (nSPS) is 13.9. The van der Waals surface area contributed by atoms with E-state index in [4.69, 9.17) is 6.42 Å². The van der Waals surface area contributed by atoms with Gasteiger partial charge < -0.3 is 0 Å². The summed E-state index contributed by atoms with van der Waals surface area (Å²) >= 11 is 0. The summed E-state index contributed by atoms with van der Waals surface area (Å²) in [6, 6.07) is 60.0. The van der Waals surface area contributed by atoms with Crippen LogP contribution < -0.4 is 0 Å². The van der Waals surface area contributed by atoms with Gasteiger partial charge in [-0.25, -0.2) is 0 Å². The van der Waals surface area contributed by atoms with Crippen LogP contribution in [0.5, 0.6) is 0 Å². The maximum Gasteiger partial charge on any atom is 0.0243 e. The Balaban J connectivity index is 0.000000306. The molecule has 0 nitrogen and oxygen atoms in total. The zero-order valence-electron chi connectivity index (χ0n) is 34.8. The van der Waals surface area contributed by atoms with Crippen LogP contribution in [0.4, 0.5) is 0 Å². The minimum atomic E-state index is 0.858. The highest BCUT2D eigenvalue weighted by molar-refractivity contribution is 5.93. The molecule has 0 heterocycles. The third-order valence-electron chi connectivity index (χ3n) is 10.9.